The highest BCUT2D eigenvalue weighted by atomic mass is 32.1. The Hall–Kier alpha value is -3.13. The van der Waals surface area contributed by atoms with Crippen molar-refractivity contribution in [3.05, 3.63) is 47.5 Å². The Morgan fingerprint density at radius 2 is 2.20 bits per heavy atom. The van der Waals surface area contributed by atoms with Gasteiger partial charge in [0.15, 0.2) is 17.6 Å². The first-order valence-corrected chi connectivity index (χ1v) is 8.41. The van der Waals surface area contributed by atoms with Crippen LogP contribution in [0.4, 0.5) is 11.4 Å². The van der Waals surface area contributed by atoms with Crippen molar-refractivity contribution in [2.24, 2.45) is 0 Å². The maximum Gasteiger partial charge on any atom is 0.277 e. The molecule has 0 radical (unpaired) electrons. The van der Waals surface area contributed by atoms with E-state index in [1.54, 1.807) is 31.2 Å². The molecule has 0 unspecified atom stereocenters. The van der Waals surface area contributed by atoms with Gasteiger partial charge in [-0.2, -0.15) is 0 Å². The molecule has 0 aliphatic carbocycles. The summed E-state index contributed by atoms with van der Waals surface area (Å²) in [6.07, 6.45) is -0.543. The molecular formula is C17H13N3O4S. The van der Waals surface area contributed by atoms with Gasteiger partial charge in [0.05, 0.1) is 10.6 Å². The summed E-state index contributed by atoms with van der Waals surface area (Å²) in [4.78, 5) is 24.9. The first-order chi connectivity index (χ1) is 12.1. The largest absolute Gasteiger partial charge is 0.479 e. The molecule has 0 bridgehead atoms. The van der Waals surface area contributed by atoms with Crippen LogP contribution in [0.1, 0.15) is 17.4 Å². The van der Waals surface area contributed by atoms with Gasteiger partial charge in [0.2, 0.25) is 0 Å². The number of hydrogen-bond acceptors (Lipinski definition) is 6. The van der Waals surface area contributed by atoms with Gasteiger partial charge in [-0.25, -0.2) is 0 Å². The van der Waals surface area contributed by atoms with E-state index < -0.39 is 12.0 Å². The lowest BCUT2D eigenvalue weighted by atomic mass is 10.2. The molecule has 2 amide bonds. The molecule has 126 valence electrons. The Morgan fingerprint density at radius 1 is 1.32 bits per heavy atom. The summed E-state index contributed by atoms with van der Waals surface area (Å²) in [5, 5.41) is 11.2. The van der Waals surface area contributed by atoms with Crippen LogP contribution >= 0.6 is 11.3 Å². The van der Waals surface area contributed by atoms with E-state index in [1.165, 1.54) is 11.3 Å². The highest BCUT2D eigenvalue weighted by Gasteiger charge is 2.24. The van der Waals surface area contributed by atoms with E-state index in [1.807, 2.05) is 17.5 Å². The normalized spacial score (nSPS) is 15.9. The van der Waals surface area contributed by atoms with Crippen LogP contribution in [0.3, 0.4) is 0 Å². The molecule has 8 heteroatoms. The summed E-state index contributed by atoms with van der Waals surface area (Å²) >= 11 is 1.50. The standard InChI is InChI=1S/C17H13N3O4S/c1-9-16(21)19-11-7-10(4-5-13(11)23-9)18-17(22)12-8-14(24-20-12)15-3-2-6-25-15/h2-9H,1H3,(H,18,22)(H,19,21)/t9-/m1/s1. The van der Waals surface area contributed by atoms with Crippen LogP contribution in [0.25, 0.3) is 10.6 Å². The zero-order chi connectivity index (χ0) is 17.4. The molecule has 3 aromatic rings. The fourth-order valence-corrected chi connectivity index (χ4v) is 3.07. The summed E-state index contributed by atoms with van der Waals surface area (Å²) in [5.74, 6) is 0.475. The average Bonchev–Trinajstić information content (AvgIpc) is 3.27. The number of rotatable bonds is 3. The number of thiophene rings is 1. The minimum atomic E-state index is -0.543. The molecule has 1 atom stereocenters. The molecule has 1 aliphatic rings. The maximum absolute atomic E-state index is 12.3. The Balaban J connectivity index is 1.52. The van der Waals surface area contributed by atoms with E-state index in [-0.39, 0.29) is 11.6 Å². The molecule has 0 fully saturated rings. The van der Waals surface area contributed by atoms with Crippen molar-refractivity contribution in [2.75, 3.05) is 10.6 Å². The molecule has 2 aromatic heterocycles. The van der Waals surface area contributed by atoms with Crippen molar-refractivity contribution < 1.29 is 18.8 Å². The van der Waals surface area contributed by atoms with Gasteiger partial charge in [0, 0.05) is 11.8 Å². The van der Waals surface area contributed by atoms with Crippen molar-refractivity contribution in [1.29, 1.82) is 0 Å². The van der Waals surface area contributed by atoms with Crippen molar-refractivity contribution in [2.45, 2.75) is 13.0 Å². The van der Waals surface area contributed by atoms with E-state index in [9.17, 15) is 9.59 Å². The van der Waals surface area contributed by atoms with E-state index in [4.69, 9.17) is 9.26 Å². The quantitative estimate of drug-likeness (QED) is 0.751. The van der Waals surface area contributed by atoms with E-state index in [0.717, 1.165) is 4.88 Å². The van der Waals surface area contributed by atoms with Crippen LogP contribution in [-0.2, 0) is 4.79 Å². The number of nitrogens with one attached hydrogen (secondary N) is 2. The third kappa shape index (κ3) is 2.99. The molecule has 1 aromatic carbocycles. The molecule has 25 heavy (non-hydrogen) atoms. The number of benzene rings is 1. The van der Waals surface area contributed by atoms with Gasteiger partial charge in [-0.15, -0.1) is 11.3 Å². The van der Waals surface area contributed by atoms with Crippen LogP contribution in [-0.4, -0.2) is 23.1 Å². The Labute approximate surface area is 146 Å². The van der Waals surface area contributed by atoms with Crippen molar-refractivity contribution in [3.8, 4) is 16.4 Å². The first-order valence-electron chi connectivity index (χ1n) is 7.53. The van der Waals surface area contributed by atoms with Crippen LogP contribution in [0.15, 0.2) is 46.3 Å². The van der Waals surface area contributed by atoms with Gasteiger partial charge in [-0.05, 0) is 36.6 Å². The second kappa shape index (κ2) is 6.06. The second-order valence-corrected chi connectivity index (χ2v) is 6.42. The predicted octanol–water partition coefficient (Wildman–Crippen LogP) is 3.37. The van der Waals surface area contributed by atoms with Gasteiger partial charge >= 0.3 is 0 Å². The minimum absolute atomic E-state index is 0.176. The molecule has 0 saturated heterocycles. The molecule has 7 nitrogen and oxygen atoms in total. The van der Waals surface area contributed by atoms with Crippen LogP contribution in [0.5, 0.6) is 5.75 Å². The summed E-state index contributed by atoms with van der Waals surface area (Å²) in [6.45, 7) is 1.67. The van der Waals surface area contributed by atoms with Crippen molar-refractivity contribution in [1.82, 2.24) is 5.16 Å². The fraction of sp³-hybridized carbons (Fsp3) is 0.118. The van der Waals surface area contributed by atoms with E-state index in [2.05, 4.69) is 15.8 Å². The summed E-state index contributed by atoms with van der Waals surface area (Å²) < 4.78 is 10.7. The molecule has 0 spiro atoms. The monoisotopic (exact) mass is 355 g/mol. The molecular weight excluding hydrogens is 342 g/mol. The lowest BCUT2D eigenvalue weighted by Crippen LogP contribution is -2.34. The lowest BCUT2D eigenvalue weighted by Gasteiger charge is -2.23. The van der Waals surface area contributed by atoms with Gasteiger partial charge in [-0.3, -0.25) is 9.59 Å². The lowest BCUT2D eigenvalue weighted by molar-refractivity contribution is -0.122. The number of aromatic nitrogens is 1. The van der Waals surface area contributed by atoms with Crippen molar-refractivity contribution >= 4 is 34.5 Å². The SMILES string of the molecule is C[C@H]1Oc2ccc(NC(=O)c3cc(-c4cccs4)on3)cc2NC1=O. The fourth-order valence-electron chi connectivity index (χ4n) is 2.40. The molecule has 3 heterocycles. The Bertz CT molecular complexity index is 949. The third-order valence-corrected chi connectivity index (χ3v) is 4.56. The van der Waals surface area contributed by atoms with E-state index in [0.29, 0.717) is 22.9 Å². The number of anilines is 2. The Kier molecular flexibility index (Phi) is 3.73. The molecule has 1 aliphatic heterocycles. The van der Waals surface area contributed by atoms with Crippen LogP contribution < -0.4 is 15.4 Å². The summed E-state index contributed by atoms with van der Waals surface area (Å²) in [6, 6.07) is 10.4. The summed E-state index contributed by atoms with van der Waals surface area (Å²) in [5.41, 5.74) is 1.21. The average molecular weight is 355 g/mol. The zero-order valence-corrected chi connectivity index (χ0v) is 13.9. The second-order valence-electron chi connectivity index (χ2n) is 5.47. The highest BCUT2D eigenvalue weighted by molar-refractivity contribution is 7.13. The van der Waals surface area contributed by atoms with Gasteiger partial charge < -0.3 is 19.9 Å². The number of ether oxygens (including phenoxy) is 1. The number of carbonyl (C=O) groups excluding carboxylic acids is 2. The highest BCUT2D eigenvalue weighted by Crippen LogP contribution is 2.32. The maximum atomic E-state index is 12.3. The molecule has 4 rings (SSSR count). The van der Waals surface area contributed by atoms with Crippen LogP contribution in [0.2, 0.25) is 0 Å². The minimum Gasteiger partial charge on any atom is -0.479 e. The Morgan fingerprint density at radius 3 is 3.00 bits per heavy atom. The summed E-state index contributed by atoms with van der Waals surface area (Å²) in [7, 11) is 0. The zero-order valence-electron chi connectivity index (χ0n) is 13.1. The number of amides is 2. The first kappa shape index (κ1) is 15.4. The topological polar surface area (TPSA) is 93.5 Å². The number of carbonyl (C=O) groups is 2. The smallest absolute Gasteiger partial charge is 0.277 e. The molecule has 2 N–H and O–H groups in total. The van der Waals surface area contributed by atoms with E-state index >= 15 is 0 Å². The molecule has 0 saturated carbocycles. The van der Waals surface area contributed by atoms with Gasteiger partial charge in [0.25, 0.3) is 11.8 Å². The third-order valence-electron chi connectivity index (χ3n) is 3.68. The van der Waals surface area contributed by atoms with Gasteiger partial charge in [-0.1, -0.05) is 11.2 Å². The van der Waals surface area contributed by atoms with Crippen LogP contribution in [0, 0.1) is 0 Å². The predicted molar refractivity (Wildman–Crippen MR) is 92.9 cm³/mol. The number of nitrogens with zero attached hydrogens (tertiary/aromatic N) is 1. The van der Waals surface area contributed by atoms with Crippen molar-refractivity contribution in [3.63, 3.8) is 0 Å². The van der Waals surface area contributed by atoms with Gasteiger partial charge in [0.1, 0.15) is 5.75 Å². The number of hydrogen-bond donors (Lipinski definition) is 2. The number of fused-ring (bicyclic) bond motifs is 1.